The van der Waals surface area contributed by atoms with Gasteiger partial charge in [0.05, 0.1) is 5.41 Å². The van der Waals surface area contributed by atoms with E-state index in [9.17, 15) is 19.2 Å². The first-order valence-corrected chi connectivity index (χ1v) is 7.72. The summed E-state index contributed by atoms with van der Waals surface area (Å²) in [5.74, 6) is -1.80. The number of carbonyl (C=O) groups excluding carboxylic acids is 4. The first-order chi connectivity index (χ1) is 10.6. The van der Waals surface area contributed by atoms with Crippen molar-refractivity contribution in [2.75, 3.05) is 13.6 Å². The zero-order chi connectivity index (χ0) is 17.8. The molecule has 5 N–H and O–H groups in total. The molecule has 1 saturated heterocycles. The van der Waals surface area contributed by atoms with Gasteiger partial charge in [0.1, 0.15) is 6.04 Å². The Bertz CT molecular complexity index is 506. The number of primary amides is 2. The van der Waals surface area contributed by atoms with Gasteiger partial charge < -0.3 is 21.7 Å². The van der Waals surface area contributed by atoms with Crippen LogP contribution in [0.1, 0.15) is 39.5 Å². The van der Waals surface area contributed by atoms with Gasteiger partial charge in [0.25, 0.3) is 0 Å². The van der Waals surface area contributed by atoms with E-state index >= 15 is 0 Å². The Hall–Kier alpha value is -2.12. The van der Waals surface area contributed by atoms with Gasteiger partial charge in [-0.25, -0.2) is 0 Å². The molecule has 130 valence electrons. The fourth-order valence-corrected chi connectivity index (χ4v) is 3.11. The quantitative estimate of drug-likeness (QED) is 0.533. The molecule has 1 aliphatic heterocycles. The summed E-state index contributed by atoms with van der Waals surface area (Å²) in [4.78, 5) is 49.2. The summed E-state index contributed by atoms with van der Waals surface area (Å²) >= 11 is 0. The number of nitrogens with one attached hydrogen (secondary N) is 1. The Balaban J connectivity index is 3.08. The maximum Gasteiger partial charge on any atom is 0.240 e. The smallest absolute Gasteiger partial charge is 0.240 e. The van der Waals surface area contributed by atoms with Crippen LogP contribution >= 0.6 is 0 Å². The van der Waals surface area contributed by atoms with Gasteiger partial charge in [-0.15, -0.1) is 0 Å². The van der Waals surface area contributed by atoms with Crippen molar-refractivity contribution >= 4 is 23.6 Å². The molecule has 2 atom stereocenters. The van der Waals surface area contributed by atoms with Crippen LogP contribution in [-0.2, 0) is 19.2 Å². The molecule has 0 aromatic rings. The van der Waals surface area contributed by atoms with Crippen LogP contribution in [0.3, 0.4) is 0 Å². The standard InChI is InChI=1S/C15H26N4O4/c1-9(2)6-10(13(17)22)19-5-4-15(14(19)23,7-11(16)20)8-12(21)18-3/h9-10H,4-8H2,1-3H3,(H2,16,20)(H2,17,22)(H,18,21). The van der Waals surface area contributed by atoms with Crippen LogP contribution in [0.25, 0.3) is 0 Å². The lowest BCUT2D eigenvalue weighted by atomic mass is 9.79. The van der Waals surface area contributed by atoms with Crippen LogP contribution < -0.4 is 16.8 Å². The largest absolute Gasteiger partial charge is 0.370 e. The minimum absolute atomic E-state index is 0.130. The van der Waals surface area contributed by atoms with Crippen molar-refractivity contribution in [3.8, 4) is 0 Å². The van der Waals surface area contributed by atoms with Crippen molar-refractivity contribution in [2.45, 2.75) is 45.6 Å². The molecule has 1 heterocycles. The summed E-state index contributed by atoms with van der Waals surface area (Å²) in [6.07, 6.45) is 0.385. The molecule has 0 bridgehead atoms. The first-order valence-electron chi connectivity index (χ1n) is 7.72. The van der Waals surface area contributed by atoms with Gasteiger partial charge in [0.2, 0.25) is 23.6 Å². The number of likely N-dealkylation sites (tertiary alicyclic amines) is 1. The normalized spacial score (nSPS) is 22.3. The Morgan fingerprint density at radius 1 is 1.26 bits per heavy atom. The molecule has 23 heavy (non-hydrogen) atoms. The van der Waals surface area contributed by atoms with Gasteiger partial charge in [-0.1, -0.05) is 13.8 Å². The monoisotopic (exact) mass is 326 g/mol. The first kappa shape index (κ1) is 18.9. The van der Waals surface area contributed by atoms with E-state index in [0.717, 1.165) is 0 Å². The predicted octanol–water partition coefficient (Wildman–Crippen LogP) is -0.883. The molecule has 0 radical (unpaired) electrons. The highest BCUT2D eigenvalue weighted by Crippen LogP contribution is 2.40. The summed E-state index contributed by atoms with van der Waals surface area (Å²) in [6, 6.07) is -0.734. The molecular formula is C15H26N4O4. The Morgan fingerprint density at radius 2 is 1.87 bits per heavy atom. The molecule has 1 rings (SSSR count). The summed E-state index contributed by atoms with van der Waals surface area (Å²) < 4.78 is 0. The molecule has 0 aromatic carbocycles. The Labute approximate surface area is 135 Å². The van der Waals surface area contributed by atoms with E-state index in [-0.39, 0.29) is 31.2 Å². The molecule has 0 aromatic heterocycles. The van der Waals surface area contributed by atoms with E-state index in [2.05, 4.69) is 5.32 Å². The fourth-order valence-electron chi connectivity index (χ4n) is 3.11. The minimum Gasteiger partial charge on any atom is -0.370 e. The molecule has 1 fully saturated rings. The van der Waals surface area contributed by atoms with Gasteiger partial charge in [-0.05, 0) is 18.8 Å². The van der Waals surface area contributed by atoms with Crippen molar-refractivity contribution in [1.29, 1.82) is 0 Å². The number of amides is 4. The van der Waals surface area contributed by atoms with E-state index in [1.165, 1.54) is 11.9 Å². The molecule has 0 aliphatic carbocycles. The van der Waals surface area contributed by atoms with Crippen LogP contribution in [0.15, 0.2) is 0 Å². The summed E-state index contributed by atoms with van der Waals surface area (Å²) in [6.45, 7) is 4.14. The summed E-state index contributed by atoms with van der Waals surface area (Å²) in [5.41, 5.74) is 9.52. The van der Waals surface area contributed by atoms with Crippen molar-refractivity contribution in [3.05, 3.63) is 0 Å². The van der Waals surface area contributed by atoms with Crippen LogP contribution in [-0.4, -0.2) is 48.2 Å². The van der Waals surface area contributed by atoms with E-state index < -0.39 is 29.2 Å². The molecule has 8 nitrogen and oxygen atoms in total. The molecule has 0 spiro atoms. The highest BCUT2D eigenvalue weighted by molar-refractivity contribution is 5.96. The maximum atomic E-state index is 12.9. The Morgan fingerprint density at radius 3 is 2.30 bits per heavy atom. The van der Waals surface area contributed by atoms with Gasteiger partial charge in [0.15, 0.2) is 0 Å². The van der Waals surface area contributed by atoms with Crippen molar-refractivity contribution in [3.63, 3.8) is 0 Å². The van der Waals surface area contributed by atoms with Crippen molar-refractivity contribution in [1.82, 2.24) is 10.2 Å². The van der Waals surface area contributed by atoms with E-state index in [1.807, 2.05) is 13.8 Å². The average Bonchev–Trinajstić information content (AvgIpc) is 2.72. The lowest BCUT2D eigenvalue weighted by molar-refractivity contribution is -0.146. The third kappa shape index (κ3) is 4.43. The van der Waals surface area contributed by atoms with Crippen molar-refractivity contribution < 1.29 is 19.2 Å². The molecular weight excluding hydrogens is 300 g/mol. The summed E-state index contributed by atoms with van der Waals surface area (Å²) in [5, 5.41) is 2.46. The van der Waals surface area contributed by atoms with E-state index in [4.69, 9.17) is 11.5 Å². The number of hydrogen-bond acceptors (Lipinski definition) is 4. The third-order valence-electron chi connectivity index (χ3n) is 4.24. The highest BCUT2D eigenvalue weighted by atomic mass is 16.2. The van der Waals surface area contributed by atoms with Crippen LogP contribution in [0.4, 0.5) is 0 Å². The predicted molar refractivity (Wildman–Crippen MR) is 83.7 cm³/mol. The lowest BCUT2D eigenvalue weighted by Crippen LogP contribution is -2.49. The number of nitrogens with zero attached hydrogens (tertiary/aromatic N) is 1. The number of hydrogen-bond donors (Lipinski definition) is 3. The molecule has 4 amide bonds. The zero-order valence-electron chi connectivity index (χ0n) is 13.9. The summed E-state index contributed by atoms with van der Waals surface area (Å²) in [7, 11) is 1.46. The molecule has 2 unspecified atom stereocenters. The van der Waals surface area contributed by atoms with E-state index in [1.54, 1.807) is 0 Å². The second kappa shape index (κ2) is 7.43. The highest BCUT2D eigenvalue weighted by Gasteiger charge is 2.51. The van der Waals surface area contributed by atoms with Gasteiger partial charge in [0, 0.05) is 26.4 Å². The van der Waals surface area contributed by atoms with Gasteiger partial charge in [-0.3, -0.25) is 19.2 Å². The zero-order valence-corrected chi connectivity index (χ0v) is 13.9. The number of carbonyl (C=O) groups is 4. The fraction of sp³-hybridized carbons (Fsp3) is 0.733. The van der Waals surface area contributed by atoms with Crippen LogP contribution in [0, 0.1) is 11.3 Å². The molecule has 1 aliphatic rings. The number of nitrogens with two attached hydrogens (primary N) is 2. The topological polar surface area (TPSA) is 136 Å². The lowest BCUT2D eigenvalue weighted by Gasteiger charge is -2.30. The molecule has 0 saturated carbocycles. The second-order valence-electron chi connectivity index (χ2n) is 6.57. The van der Waals surface area contributed by atoms with E-state index in [0.29, 0.717) is 12.8 Å². The average molecular weight is 326 g/mol. The van der Waals surface area contributed by atoms with Gasteiger partial charge in [-0.2, -0.15) is 0 Å². The molecule has 8 heteroatoms. The Kier molecular flexibility index (Phi) is 6.12. The third-order valence-corrected chi connectivity index (χ3v) is 4.24. The van der Waals surface area contributed by atoms with Crippen LogP contribution in [0.2, 0.25) is 0 Å². The number of rotatable bonds is 8. The minimum atomic E-state index is -1.18. The van der Waals surface area contributed by atoms with Crippen LogP contribution in [0.5, 0.6) is 0 Å². The van der Waals surface area contributed by atoms with Crippen molar-refractivity contribution in [2.24, 2.45) is 22.8 Å². The van der Waals surface area contributed by atoms with Gasteiger partial charge >= 0.3 is 0 Å². The SMILES string of the molecule is CNC(=O)CC1(CC(N)=O)CCN(C(CC(C)C)C(N)=O)C1=O. The maximum absolute atomic E-state index is 12.9. The second-order valence-corrected chi connectivity index (χ2v) is 6.57.